The Bertz CT molecular complexity index is 652. The average molecular weight is 348 g/mol. The highest BCUT2D eigenvalue weighted by Gasteiger charge is 2.19. The zero-order valence-corrected chi connectivity index (χ0v) is 14.6. The molecular formula is C18H22BrNO. The summed E-state index contributed by atoms with van der Waals surface area (Å²) in [5.74, 6) is 0.900. The molecule has 21 heavy (non-hydrogen) atoms. The molecule has 0 spiro atoms. The summed E-state index contributed by atoms with van der Waals surface area (Å²) in [5, 5.41) is 0. The van der Waals surface area contributed by atoms with Gasteiger partial charge in [0.15, 0.2) is 0 Å². The maximum atomic E-state index is 6.51. The van der Waals surface area contributed by atoms with E-state index in [-0.39, 0.29) is 6.04 Å². The molecule has 2 aromatic carbocycles. The fraction of sp³-hybridized carbons (Fsp3) is 0.333. The number of halogens is 1. The van der Waals surface area contributed by atoms with Gasteiger partial charge in [-0.25, -0.2) is 0 Å². The molecule has 0 heterocycles. The highest BCUT2D eigenvalue weighted by molar-refractivity contribution is 9.10. The third-order valence-electron chi connectivity index (χ3n) is 3.98. The first-order chi connectivity index (χ1) is 9.95. The quantitative estimate of drug-likeness (QED) is 0.875. The summed E-state index contributed by atoms with van der Waals surface area (Å²) in [5.41, 5.74) is 12.4. The lowest BCUT2D eigenvalue weighted by molar-refractivity contribution is 0.401. The summed E-state index contributed by atoms with van der Waals surface area (Å²) in [7, 11) is 1.71. The Hall–Kier alpha value is -1.32. The number of hydrogen-bond acceptors (Lipinski definition) is 2. The molecule has 0 amide bonds. The van der Waals surface area contributed by atoms with Gasteiger partial charge in [-0.05, 0) is 55.5 Å². The molecule has 0 aromatic heterocycles. The van der Waals surface area contributed by atoms with Crippen LogP contribution >= 0.6 is 15.9 Å². The molecule has 112 valence electrons. The lowest BCUT2D eigenvalue weighted by atomic mass is 9.92. The van der Waals surface area contributed by atoms with Crippen molar-refractivity contribution in [2.45, 2.75) is 33.2 Å². The van der Waals surface area contributed by atoms with E-state index in [0.717, 1.165) is 33.3 Å². The van der Waals surface area contributed by atoms with E-state index in [1.807, 2.05) is 6.92 Å². The van der Waals surface area contributed by atoms with Crippen molar-refractivity contribution in [2.24, 2.45) is 5.73 Å². The summed E-state index contributed by atoms with van der Waals surface area (Å²) in [4.78, 5) is 0. The summed E-state index contributed by atoms with van der Waals surface area (Å²) < 4.78 is 6.68. The third kappa shape index (κ3) is 3.30. The fourth-order valence-corrected chi connectivity index (χ4v) is 3.33. The first-order valence-electron chi connectivity index (χ1n) is 7.09. The van der Waals surface area contributed by atoms with Crippen LogP contribution in [-0.2, 0) is 6.42 Å². The molecule has 0 aliphatic rings. The standard InChI is InChI=1S/C18H22BrNO/c1-11-7-5-6-8-14(11)10-16(20)17-13(3)15(19)9-12(2)18(17)21-4/h5-9,16H,10,20H2,1-4H3. The molecule has 2 nitrogen and oxygen atoms in total. The van der Waals surface area contributed by atoms with Gasteiger partial charge in [-0.15, -0.1) is 0 Å². The molecule has 2 N–H and O–H groups in total. The predicted octanol–water partition coefficient (Wildman–Crippen LogP) is 4.63. The van der Waals surface area contributed by atoms with Gasteiger partial charge in [-0.3, -0.25) is 0 Å². The van der Waals surface area contributed by atoms with E-state index in [1.165, 1.54) is 11.1 Å². The van der Waals surface area contributed by atoms with Gasteiger partial charge in [-0.2, -0.15) is 0 Å². The maximum absolute atomic E-state index is 6.51. The van der Waals surface area contributed by atoms with Crippen molar-refractivity contribution >= 4 is 15.9 Å². The first kappa shape index (κ1) is 16.1. The largest absolute Gasteiger partial charge is 0.496 e. The van der Waals surface area contributed by atoms with E-state index in [9.17, 15) is 0 Å². The smallest absolute Gasteiger partial charge is 0.126 e. The highest BCUT2D eigenvalue weighted by Crippen LogP contribution is 2.36. The van der Waals surface area contributed by atoms with E-state index in [1.54, 1.807) is 7.11 Å². The van der Waals surface area contributed by atoms with Crippen LogP contribution in [0.15, 0.2) is 34.8 Å². The molecule has 2 rings (SSSR count). The van der Waals surface area contributed by atoms with Crippen LogP contribution < -0.4 is 10.5 Å². The first-order valence-corrected chi connectivity index (χ1v) is 7.88. The minimum Gasteiger partial charge on any atom is -0.496 e. The van der Waals surface area contributed by atoms with Crippen LogP contribution in [0, 0.1) is 20.8 Å². The number of aryl methyl sites for hydroxylation is 2. The SMILES string of the molecule is COc1c(C)cc(Br)c(C)c1C(N)Cc1ccccc1C. The number of nitrogens with two attached hydrogens (primary N) is 1. The van der Waals surface area contributed by atoms with E-state index in [0.29, 0.717) is 0 Å². The number of ether oxygens (including phenoxy) is 1. The molecule has 0 bridgehead atoms. The number of rotatable bonds is 4. The number of hydrogen-bond donors (Lipinski definition) is 1. The zero-order valence-electron chi connectivity index (χ0n) is 13.0. The molecule has 0 saturated carbocycles. The second-order valence-electron chi connectivity index (χ2n) is 5.48. The topological polar surface area (TPSA) is 35.2 Å². The molecule has 0 aliphatic carbocycles. The van der Waals surface area contributed by atoms with Crippen LogP contribution in [-0.4, -0.2) is 7.11 Å². The van der Waals surface area contributed by atoms with Crippen molar-refractivity contribution in [1.29, 1.82) is 0 Å². The van der Waals surface area contributed by atoms with Gasteiger partial charge in [0.1, 0.15) is 5.75 Å². The summed E-state index contributed by atoms with van der Waals surface area (Å²) >= 11 is 3.62. The van der Waals surface area contributed by atoms with Gasteiger partial charge in [-0.1, -0.05) is 40.2 Å². The Morgan fingerprint density at radius 3 is 2.43 bits per heavy atom. The van der Waals surface area contributed by atoms with E-state index >= 15 is 0 Å². The summed E-state index contributed by atoms with van der Waals surface area (Å²) in [6.07, 6.45) is 0.805. The van der Waals surface area contributed by atoms with E-state index in [2.05, 4.69) is 60.1 Å². The summed E-state index contributed by atoms with van der Waals surface area (Å²) in [6, 6.07) is 10.4. The zero-order chi connectivity index (χ0) is 15.6. The van der Waals surface area contributed by atoms with E-state index in [4.69, 9.17) is 10.5 Å². The lowest BCUT2D eigenvalue weighted by Gasteiger charge is -2.22. The van der Waals surface area contributed by atoms with Crippen molar-refractivity contribution < 1.29 is 4.74 Å². The van der Waals surface area contributed by atoms with Crippen LogP contribution in [0.3, 0.4) is 0 Å². The average Bonchev–Trinajstić information content (AvgIpc) is 2.44. The van der Waals surface area contributed by atoms with E-state index < -0.39 is 0 Å². The van der Waals surface area contributed by atoms with Crippen LogP contribution in [0.4, 0.5) is 0 Å². The fourth-order valence-electron chi connectivity index (χ4n) is 2.77. The number of methoxy groups -OCH3 is 1. The van der Waals surface area contributed by atoms with Gasteiger partial charge in [0.05, 0.1) is 7.11 Å². The van der Waals surface area contributed by atoms with Crippen LogP contribution in [0.1, 0.15) is 33.9 Å². The van der Waals surface area contributed by atoms with Gasteiger partial charge in [0, 0.05) is 16.1 Å². The Balaban J connectivity index is 2.44. The minimum absolute atomic E-state index is 0.0859. The molecule has 1 unspecified atom stereocenters. The maximum Gasteiger partial charge on any atom is 0.126 e. The lowest BCUT2D eigenvalue weighted by Crippen LogP contribution is -2.17. The monoisotopic (exact) mass is 347 g/mol. The van der Waals surface area contributed by atoms with Gasteiger partial charge >= 0.3 is 0 Å². The van der Waals surface area contributed by atoms with Crippen molar-refractivity contribution in [1.82, 2.24) is 0 Å². The molecule has 0 radical (unpaired) electrons. The van der Waals surface area contributed by atoms with Crippen molar-refractivity contribution in [3.63, 3.8) is 0 Å². The van der Waals surface area contributed by atoms with Gasteiger partial charge in [0.2, 0.25) is 0 Å². The molecule has 3 heteroatoms. The van der Waals surface area contributed by atoms with Crippen molar-refractivity contribution in [2.75, 3.05) is 7.11 Å². The predicted molar refractivity (Wildman–Crippen MR) is 92.0 cm³/mol. The van der Waals surface area contributed by atoms with Gasteiger partial charge in [0.25, 0.3) is 0 Å². The second-order valence-corrected chi connectivity index (χ2v) is 6.34. The minimum atomic E-state index is -0.0859. The molecule has 0 saturated heterocycles. The molecule has 0 aliphatic heterocycles. The van der Waals surface area contributed by atoms with Gasteiger partial charge < -0.3 is 10.5 Å². The molecule has 2 aromatic rings. The van der Waals surface area contributed by atoms with Crippen LogP contribution in [0.2, 0.25) is 0 Å². The highest BCUT2D eigenvalue weighted by atomic mass is 79.9. The number of benzene rings is 2. The van der Waals surface area contributed by atoms with Crippen molar-refractivity contribution in [3.05, 3.63) is 62.6 Å². The third-order valence-corrected chi connectivity index (χ3v) is 4.81. The normalized spacial score (nSPS) is 12.3. The molecule has 0 fully saturated rings. The molecular weight excluding hydrogens is 326 g/mol. The Labute approximate surface area is 135 Å². The Morgan fingerprint density at radius 2 is 1.81 bits per heavy atom. The van der Waals surface area contributed by atoms with Crippen LogP contribution in [0.25, 0.3) is 0 Å². The van der Waals surface area contributed by atoms with Crippen LogP contribution in [0.5, 0.6) is 5.75 Å². The molecule has 1 atom stereocenters. The Kier molecular flexibility index (Phi) is 5.07. The second kappa shape index (κ2) is 6.63. The van der Waals surface area contributed by atoms with Crippen molar-refractivity contribution in [3.8, 4) is 5.75 Å². The summed E-state index contributed by atoms with van der Waals surface area (Å²) in [6.45, 7) is 6.25. The Morgan fingerprint density at radius 1 is 1.14 bits per heavy atom.